The van der Waals surface area contributed by atoms with E-state index in [0.717, 1.165) is 17.5 Å². The van der Waals surface area contributed by atoms with Crippen molar-refractivity contribution in [3.05, 3.63) is 18.3 Å². The lowest BCUT2D eigenvalue weighted by Gasteiger charge is -2.39. The van der Waals surface area contributed by atoms with Crippen molar-refractivity contribution in [2.45, 2.75) is 39.7 Å². The summed E-state index contributed by atoms with van der Waals surface area (Å²) in [5, 5.41) is 3.51. The van der Waals surface area contributed by atoms with E-state index < -0.39 is 0 Å². The lowest BCUT2D eigenvalue weighted by Crippen LogP contribution is -2.37. The molecule has 1 aromatic rings. The van der Waals surface area contributed by atoms with Gasteiger partial charge in [0.2, 0.25) is 5.88 Å². The number of anilines is 1. The first-order valence-electron chi connectivity index (χ1n) is 6.54. The summed E-state index contributed by atoms with van der Waals surface area (Å²) < 4.78 is 5.32. The van der Waals surface area contributed by atoms with Crippen LogP contribution in [0.15, 0.2) is 18.3 Å². The Kier molecular flexibility index (Phi) is 3.87. The highest BCUT2D eigenvalue weighted by Gasteiger charge is 2.30. The molecule has 0 aromatic carbocycles. The van der Waals surface area contributed by atoms with E-state index in [1.807, 2.05) is 25.3 Å². The minimum Gasteiger partial charge on any atom is -0.478 e. The molecule has 1 heterocycles. The Bertz CT molecular complexity index is 342. The van der Waals surface area contributed by atoms with Crippen LogP contribution in [0.5, 0.6) is 5.88 Å². The lowest BCUT2D eigenvalue weighted by molar-refractivity contribution is 0.212. The van der Waals surface area contributed by atoms with E-state index in [1.54, 1.807) is 0 Å². The van der Waals surface area contributed by atoms with E-state index >= 15 is 0 Å². The Morgan fingerprint density at radius 2 is 2.18 bits per heavy atom. The summed E-state index contributed by atoms with van der Waals surface area (Å²) in [4.78, 5) is 4.25. The van der Waals surface area contributed by atoms with Gasteiger partial charge in [-0.1, -0.05) is 13.8 Å². The van der Waals surface area contributed by atoms with Gasteiger partial charge in [0.15, 0.2) is 0 Å². The van der Waals surface area contributed by atoms with Gasteiger partial charge in [0.05, 0.1) is 18.5 Å². The molecule has 0 unspecified atom stereocenters. The van der Waals surface area contributed by atoms with Crippen LogP contribution in [0.4, 0.5) is 5.69 Å². The highest BCUT2D eigenvalue weighted by Crippen LogP contribution is 2.35. The van der Waals surface area contributed by atoms with Crippen LogP contribution in [0.1, 0.15) is 33.6 Å². The van der Waals surface area contributed by atoms with Crippen molar-refractivity contribution < 1.29 is 4.74 Å². The van der Waals surface area contributed by atoms with E-state index in [4.69, 9.17) is 4.74 Å². The monoisotopic (exact) mass is 234 g/mol. The van der Waals surface area contributed by atoms with Crippen LogP contribution in [0, 0.1) is 11.8 Å². The molecule has 0 aliphatic heterocycles. The predicted octanol–water partition coefficient (Wildman–Crippen LogP) is 3.33. The van der Waals surface area contributed by atoms with Crippen molar-refractivity contribution >= 4 is 5.69 Å². The molecule has 0 bridgehead atoms. The van der Waals surface area contributed by atoms with Gasteiger partial charge in [-0.3, -0.25) is 0 Å². The molecule has 0 saturated heterocycles. The van der Waals surface area contributed by atoms with Gasteiger partial charge in [-0.25, -0.2) is 4.98 Å². The van der Waals surface area contributed by atoms with Crippen LogP contribution in [0.25, 0.3) is 0 Å². The van der Waals surface area contributed by atoms with Crippen molar-refractivity contribution in [1.82, 2.24) is 4.98 Å². The van der Waals surface area contributed by atoms with Crippen molar-refractivity contribution in [2.75, 3.05) is 11.9 Å². The summed E-state index contributed by atoms with van der Waals surface area (Å²) in [5.74, 6) is 2.40. The van der Waals surface area contributed by atoms with Gasteiger partial charge < -0.3 is 10.1 Å². The van der Waals surface area contributed by atoms with Crippen LogP contribution in [-0.4, -0.2) is 17.6 Å². The maximum absolute atomic E-state index is 5.32. The molecular formula is C14H22N2O. The third kappa shape index (κ3) is 3.11. The zero-order chi connectivity index (χ0) is 12.3. The number of hydrogen-bond acceptors (Lipinski definition) is 3. The molecule has 1 aliphatic carbocycles. The second kappa shape index (κ2) is 5.39. The number of pyridine rings is 1. The van der Waals surface area contributed by atoms with Crippen molar-refractivity contribution in [2.24, 2.45) is 11.8 Å². The fraction of sp³-hybridized carbons (Fsp3) is 0.643. The summed E-state index contributed by atoms with van der Waals surface area (Å²) >= 11 is 0. The quantitative estimate of drug-likeness (QED) is 0.848. The number of ether oxygens (including phenoxy) is 1. The van der Waals surface area contributed by atoms with Gasteiger partial charge in [0.1, 0.15) is 0 Å². The second-order valence-corrected chi connectivity index (χ2v) is 5.13. The van der Waals surface area contributed by atoms with E-state index in [9.17, 15) is 0 Å². The Balaban J connectivity index is 1.80. The van der Waals surface area contributed by atoms with E-state index in [-0.39, 0.29) is 0 Å². The third-order valence-corrected chi connectivity index (χ3v) is 3.52. The molecule has 3 nitrogen and oxygen atoms in total. The first-order chi connectivity index (χ1) is 8.19. The maximum atomic E-state index is 5.32. The molecule has 1 N–H and O–H groups in total. The summed E-state index contributed by atoms with van der Waals surface area (Å²) in [7, 11) is 0. The van der Waals surface area contributed by atoms with Crippen molar-refractivity contribution in [3.63, 3.8) is 0 Å². The molecule has 94 valence electrons. The number of nitrogens with zero attached hydrogens (tertiary/aromatic N) is 1. The molecule has 1 saturated carbocycles. The number of nitrogens with one attached hydrogen (secondary N) is 1. The topological polar surface area (TPSA) is 34.1 Å². The molecule has 1 fully saturated rings. The van der Waals surface area contributed by atoms with Gasteiger partial charge in [-0.2, -0.15) is 0 Å². The largest absolute Gasteiger partial charge is 0.478 e. The molecule has 3 heteroatoms. The van der Waals surface area contributed by atoms with Gasteiger partial charge in [-0.05, 0) is 37.7 Å². The Labute approximate surface area is 104 Å². The van der Waals surface area contributed by atoms with Gasteiger partial charge in [0.25, 0.3) is 0 Å². The molecule has 0 radical (unpaired) electrons. The molecular weight excluding hydrogens is 212 g/mol. The number of rotatable bonds is 5. The standard InChI is InChI=1S/C14H22N2O/c1-4-17-14-6-5-12(9-15-14)16-13-7-11(8-13)10(2)3/h5-6,9-11,13,16H,4,7-8H2,1-3H3. The third-order valence-electron chi connectivity index (χ3n) is 3.52. The smallest absolute Gasteiger partial charge is 0.213 e. The van der Waals surface area contributed by atoms with E-state index in [2.05, 4.69) is 24.1 Å². The summed E-state index contributed by atoms with van der Waals surface area (Å²) in [6.07, 6.45) is 4.42. The van der Waals surface area contributed by atoms with Crippen molar-refractivity contribution in [3.8, 4) is 5.88 Å². The number of aromatic nitrogens is 1. The molecule has 1 aromatic heterocycles. The first-order valence-corrected chi connectivity index (χ1v) is 6.54. The molecule has 0 spiro atoms. The Morgan fingerprint density at radius 1 is 1.41 bits per heavy atom. The minimum absolute atomic E-state index is 0.627. The summed E-state index contributed by atoms with van der Waals surface area (Å²) in [6, 6.07) is 4.59. The molecule has 0 atom stereocenters. The van der Waals surface area contributed by atoms with Crippen LogP contribution >= 0.6 is 0 Å². The maximum Gasteiger partial charge on any atom is 0.213 e. The lowest BCUT2D eigenvalue weighted by atomic mass is 9.73. The normalized spacial score (nSPS) is 23.3. The zero-order valence-corrected chi connectivity index (χ0v) is 10.9. The van der Waals surface area contributed by atoms with Crippen LogP contribution in [0.3, 0.4) is 0 Å². The molecule has 17 heavy (non-hydrogen) atoms. The van der Waals surface area contributed by atoms with Gasteiger partial charge in [-0.15, -0.1) is 0 Å². The average Bonchev–Trinajstić information content (AvgIpc) is 2.25. The number of hydrogen-bond donors (Lipinski definition) is 1. The van der Waals surface area contributed by atoms with Gasteiger partial charge >= 0.3 is 0 Å². The van der Waals surface area contributed by atoms with Crippen LogP contribution in [0.2, 0.25) is 0 Å². The second-order valence-electron chi connectivity index (χ2n) is 5.13. The highest BCUT2D eigenvalue weighted by atomic mass is 16.5. The molecule has 1 aliphatic rings. The molecule has 2 rings (SSSR count). The van der Waals surface area contributed by atoms with Crippen molar-refractivity contribution in [1.29, 1.82) is 0 Å². The highest BCUT2D eigenvalue weighted by molar-refractivity contribution is 5.43. The zero-order valence-electron chi connectivity index (χ0n) is 10.9. The van der Waals surface area contributed by atoms with E-state index in [1.165, 1.54) is 12.8 Å². The fourth-order valence-electron chi connectivity index (χ4n) is 2.26. The summed E-state index contributed by atoms with van der Waals surface area (Å²) in [6.45, 7) is 7.24. The fourth-order valence-corrected chi connectivity index (χ4v) is 2.26. The average molecular weight is 234 g/mol. The predicted molar refractivity (Wildman–Crippen MR) is 70.4 cm³/mol. The Morgan fingerprint density at radius 3 is 2.71 bits per heavy atom. The summed E-state index contributed by atoms with van der Waals surface area (Å²) in [5.41, 5.74) is 1.10. The minimum atomic E-state index is 0.627. The van der Waals surface area contributed by atoms with E-state index in [0.29, 0.717) is 18.5 Å². The van der Waals surface area contributed by atoms with Crippen LogP contribution < -0.4 is 10.1 Å². The Hall–Kier alpha value is -1.25. The molecule has 0 amide bonds. The van der Waals surface area contributed by atoms with Gasteiger partial charge in [0, 0.05) is 12.1 Å². The SMILES string of the molecule is CCOc1ccc(NC2CC(C(C)C)C2)cn1. The van der Waals surface area contributed by atoms with Crippen LogP contribution in [-0.2, 0) is 0 Å². The first kappa shape index (κ1) is 12.2.